The van der Waals surface area contributed by atoms with Gasteiger partial charge >= 0.3 is 5.97 Å². The van der Waals surface area contributed by atoms with Crippen LogP contribution in [0.1, 0.15) is 27.7 Å². The van der Waals surface area contributed by atoms with Gasteiger partial charge in [0.2, 0.25) is 11.8 Å². The number of aliphatic hydroxyl groups is 1. The fourth-order valence-electron chi connectivity index (χ4n) is 1.20. The van der Waals surface area contributed by atoms with Crippen LogP contribution in [0, 0.1) is 5.92 Å². The van der Waals surface area contributed by atoms with Crippen molar-refractivity contribution >= 4 is 17.8 Å². The van der Waals surface area contributed by atoms with E-state index in [2.05, 4.69) is 10.6 Å². The summed E-state index contributed by atoms with van der Waals surface area (Å²) in [5, 5.41) is 22.9. The van der Waals surface area contributed by atoms with Gasteiger partial charge in [-0.05, 0) is 12.8 Å². The highest BCUT2D eigenvalue weighted by molar-refractivity contribution is 5.87. The molecular weight excluding hydrogens is 240 g/mol. The molecule has 2 atom stereocenters. The molecule has 0 aromatic rings. The van der Waals surface area contributed by atoms with E-state index in [1.165, 1.54) is 6.92 Å². The molecule has 2 amide bonds. The molecule has 0 radical (unpaired) electrons. The lowest BCUT2D eigenvalue weighted by Crippen LogP contribution is -2.53. The zero-order valence-corrected chi connectivity index (χ0v) is 11.0. The van der Waals surface area contributed by atoms with E-state index < -0.39 is 30.1 Å². The van der Waals surface area contributed by atoms with Crippen molar-refractivity contribution in [1.29, 1.82) is 0 Å². The minimum absolute atomic E-state index is 0.149. The van der Waals surface area contributed by atoms with Crippen molar-refractivity contribution in [3.8, 4) is 0 Å². The summed E-state index contributed by atoms with van der Waals surface area (Å²) in [4.78, 5) is 33.3. The van der Waals surface area contributed by atoms with Crippen LogP contribution in [0.2, 0.25) is 0 Å². The average Bonchev–Trinajstić information content (AvgIpc) is 2.21. The zero-order valence-electron chi connectivity index (χ0n) is 11.0. The van der Waals surface area contributed by atoms with Gasteiger partial charge in [0.25, 0.3) is 0 Å². The summed E-state index contributed by atoms with van der Waals surface area (Å²) < 4.78 is 0. The van der Waals surface area contributed by atoms with E-state index in [0.29, 0.717) is 0 Å². The Kier molecular flexibility index (Phi) is 5.77. The molecule has 0 aliphatic rings. The van der Waals surface area contributed by atoms with E-state index >= 15 is 0 Å². The molecule has 4 N–H and O–H groups in total. The minimum atomic E-state index is -2.03. The number of carbonyl (C=O) groups is 3. The van der Waals surface area contributed by atoms with Gasteiger partial charge in [-0.15, -0.1) is 0 Å². The second kappa shape index (κ2) is 6.34. The highest BCUT2D eigenvalue weighted by atomic mass is 16.4. The predicted octanol–water partition coefficient (Wildman–Crippen LogP) is -0.901. The van der Waals surface area contributed by atoms with Crippen molar-refractivity contribution < 1.29 is 24.6 Å². The molecule has 7 heteroatoms. The number of carbonyl (C=O) groups excluding carboxylic acids is 2. The van der Waals surface area contributed by atoms with E-state index in [-0.39, 0.29) is 11.8 Å². The number of carboxylic acid groups (broad SMARTS) is 1. The summed E-state index contributed by atoms with van der Waals surface area (Å²) in [6.45, 7) is 5.43. The highest BCUT2D eigenvalue weighted by Gasteiger charge is 2.32. The largest absolute Gasteiger partial charge is 0.479 e. The molecule has 0 fully saturated rings. The van der Waals surface area contributed by atoms with Crippen LogP contribution in [0.5, 0.6) is 0 Å². The molecule has 7 nitrogen and oxygen atoms in total. The third-order valence-corrected chi connectivity index (χ3v) is 2.38. The van der Waals surface area contributed by atoms with Crippen molar-refractivity contribution in [3.05, 3.63) is 0 Å². The Labute approximate surface area is 106 Å². The van der Waals surface area contributed by atoms with Gasteiger partial charge in [0.05, 0.1) is 6.54 Å². The second-order valence-corrected chi connectivity index (χ2v) is 4.72. The Bertz CT molecular complexity index is 338. The molecule has 0 heterocycles. The first kappa shape index (κ1) is 16.4. The Morgan fingerprint density at radius 2 is 1.78 bits per heavy atom. The van der Waals surface area contributed by atoms with Gasteiger partial charge in [-0.2, -0.15) is 0 Å². The first-order chi connectivity index (χ1) is 8.08. The molecule has 0 aliphatic carbocycles. The first-order valence-corrected chi connectivity index (χ1v) is 5.58. The summed E-state index contributed by atoms with van der Waals surface area (Å²) in [6.07, 6.45) is 0. The highest BCUT2D eigenvalue weighted by Crippen LogP contribution is 2.04. The molecule has 0 bridgehead atoms. The number of amides is 2. The molecular formula is C11H20N2O5. The predicted molar refractivity (Wildman–Crippen MR) is 63.7 cm³/mol. The number of nitrogens with one attached hydrogen (secondary N) is 2. The number of hydrogen-bond acceptors (Lipinski definition) is 4. The summed E-state index contributed by atoms with van der Waals surface area (Å²) >= 11 is 0. The van der Waals surface area contributed by atoms with Gasteiger partial charge in [0.15, 0.2) is 5.60 Å². The summed E-state index contributed by atoms with van der Waals surface area (Å²) in [7, 11) is 0. The molecule has 0 aromatic carbocycles. The van der Waals surface area contributed by atoms with Crippen LogP contribution < -0.4 is 10.6 Å². The Morgan fingerprint density at radius 3 is 2.11 bits per heavy atom. The van der Waals surface area contributed by atoms with Crippen LogP contribution in [0.15, 0.2) is 0 Å². The molecule has 0 spiro atoms. The zero-order chi connectivity index (χ0) is 14.5. The van der Waals surface area contributed by atoms with Crippen LogP contribution >= 0.6 is 0 Å². The lowest BCUT2D eigenvalue weighted by molar-refractivity contribution is -0.156. The van der Waals surface area contributed by atoms with E-state index in [1.54, 1.807) is 13.8 Å². The van der Waals surface area contributed by atoms with Crippen molar-refractivity contribution in [3.63, 3.8) is 0 Å². The monoisotopic (exact) mass is 260 g/mol. The molecule has 104 valence electrons. The molecule has 2 unspecified atom stereocenters. The smallest absolute Gasteiger partial charge is 0.337 e. The second-order valence-electron chi connectivity index (χ2n) is 4.72. The van der Waals surface area contributed by atoms with Crippen LogP contribution in [-0.4, -0.2) is 46.2 Å². The van der Waals surface area contributed by atoms with Crippen LogP contribution in [0.3, 0.4) is 0 Å². The van der Waals surface area contributed by atoms with Crippen molar-refractivity contribution in [2.75, 3.05) is 6.54 Å². The maximum Gasteiger partial charge on any atom is 0.337 e. The topological polar surface area (TPSA) is 116 Å². The number of aliphatic carboxylic acids is 1. The molecule has 18 heavy (non-hydrogen) atoms. The average molecular weight is 260 g/mol. The third-order valence-electron chi connectivity index (χ3n) is 2.38. The fourth-order valence-corrected chi connectivity index (χ4v) is 1.20. The summed E-state index contributed by atoms with van der Waals surface area (Å²) in [5.74, 6) is -2.46. The van der Waals surface area contributed by atoms with E-state index in [1.807, 2.05) is 0 Å². The normalized spacial score (nSPS) is 15.7. The van der Waals surface area contributed by atoms with Gasteiger partial charge in [-0.1, -0.05) is 13.8 Å². The fraction of sp³-hybridized carbons (Fsp3) is 0.727. The van der Waals surface area contributed by atoms with E-state index in [4.69, 9.17) is 5.11 Å². The van der Waals surface area contributed by atoms with Crippen molar-refractivity contribution in [1.82, 2.24) is 10.6 Å². The van der Waals surface area contributed by atoms with Gasteiger partial charge < -0.3 is 20.8 Å². The molecule has 0 aliphatic heterocycles. The maximum absolute atomic E-state index is 11.8. The Hall–Kier alpha value is -1.63. The molecule has 0 aromatic heterocycles. The number of carboxylic acids is 1. The van der Waals surface area contributed by atoms with Crippen molar-refractivity contribution in [2.45, 2.75) is 39.3 Å². The lowest BCUT2D eigenvalue weighted by Gasteiger charge is -2.24. The van der Waals surface area contributed by atoms with E-state index in [0.717, 1.165) is 6.92 Å². The van der Waals surface area contributed by atoms with E-state index in [9.17, 15) is 19.5 Å². The summed E-state index contributed by atoms with van der Waals surface area (Å²) in [6, 6.07) is -0.757. The molecule has 0 rings (SSSR count). The number of hydrogen-bond donors (Lipinski definition) is 4. The van der Waals surface area contributed by atoms with Gasteiger partial charge in [-0.25, -0.2) is 4.79 Å². The SMILES string of the molecule is CC(=O)NC(C(=O)NCC(C)(O)C(=O)O)C(C)C. The van der Waals surface area contributed by atoms with Gasteiger partial charge in [0, 0.05) is 6.92 Å². The lowest BCUT2D eigenvalue weighted by atomic mass is 10.0. The van der Waals surface area contributed by atoms with Gasteiger partial charge in [0.1, 0.15) is 6.04 Å². The number of rotatable bonds is 6. The third kappa shape index (κ3) is 5.13. The van der Waals surface area contributed by atoms with Crippen molar-refractivity contribution in [2.24, 2.45) is 5.92 Å². The Morgan fingerprint density at radius 1 is 1.28 bits per heavy atom. The summed E-state index contributed by atoms with van der Waals surface area (Å²) in [5.41, 5.74) is -2.03. The first-order valence-electron chi connectivity index (χ1n) is 5.58. The van der Waals surface area contributed by atoms with Gasteiger partial charge in [-0.3, -0.25) is 9.59 Å². The minimum Gasteiger partial charge on any atom is -0.479 e. The molecule has 0 saturated carbocycles. The van der Waals surface area contributed by atoms with Crippen LogP contribution in [-0.2, 0) is 14.4 Å². The maximum atomic E-state index is 11.8. The van der Waals surface area contributed by atoms with Crippen LogP contribution in [0.25, 0.3) is 0 Å². The van der Waals surface area contributed by atoms with Crippen LogP contribution in [0.4, 0.5) is 0 Å². The quantitative estimate of drug-likeness (QED) is 0.494. The Balaban J connectivity index is 4.54. The molecule has 0 saturated heterocycles. The standard InChI is InChI=1S/C11H20N2O5/c1-6(2)8(13-7(3)14)9(15)12-5-11(4,18)10(16)17/h6,8,18H,5H2,1-4H3,(H,12,15)(H,13,14)(H,16,17).